The van der Waals surface area contributed by atoms with E-state index in [1.165, 1.54) is 24.3 Å². The molecule has 0 bridgehead atoms. The van der Waals surface area contributed by atoms with E-state index >= 15 is 0 Å². The average Bonchev–Trinajstić information content (AvgIpc) is 2.69. The van der Waals surface area contributed by atoms with E-state index in [1.54, 1.807) is 42.5 Å². The Hall–Kier alpha value is -2.74. The zero-order chi connectivity index (χ0) is 21.7. The van der Waals surface area contributed by atoms with Crippen molar-refractivity contribution in [1.82, 2.24) is 0 Å². The number of amides is 1. The number of carbonyl (C=O) groups excluding carboxylic acids is 1. The van der Waals surface area contributed by atoms with Crippen LogP contribution >= 0.6 is 23.2 Å². The maximum atomic E-state index is 12.6. The van der Waals surface area contributed by atoms with E-state index in [0.29, 0.717) is 29.3 Å². The molecule has 0 atom stereocenters. The van der Waals surface area contributed by atoms with Crippen LogP contribution < -0.4 is 14.8 Å². The number of benzene rings is 3. The number of carbonyl (C=O) groups is 1. The Morgan fingerprint density at radius 3 is 2.13 bits per heavy atom. The van der Waals surface area contributed by atoms with Crippen molar-refractivity contribution in [3.8, 4) is 5.75 Å². The number of para-hydroxylation sites is 1. The van der Waals surface area contributed by atoms with Crippen molar-refractivity contribution in [1.29, 1.82) is 0 Å². The van der Waals surface area contributed by atoms with E-state index < -0.39 is 10.0 Å². The van der Waals surface area contributed by atoms with Gasteiger partial charge in [-0.15, -0.1) is 0 Å². The molecule has 0 unspecified atom stereocenters. The van der Waals surface area contributed by atoms with Crippen LogP contribution in [0.15, 0.2) is 71.6 Å². The van der Waals surface area contributed by atoms with Crippen molar-refractivity contribution >= 4 is 50.5 Å². The van der Waals surface area contributed by atoms with Gasteiger partial charge in [0.1, 0.15) is 10.6 Å². The molecule has 3 rings (SSSR count). The van der Waals surface area contributed by atoms with Gasteiger partial charge in [-0.3, -0.25) is 9.52 Å². The molecule has 0 aliphatic heterocycles. The Balaban J connectivity index is 1.75. The summed E-state index contributed by atoms with van der Waals surface area (Å²) in [7, 11) is -3.98. The standard InChI is InChI=1S/C21H18Cl2N2O4S/c1-2-29-19-9-4-3-6-16(19)21(26)24-14-10-12-15(13-11-14)25-30(27,28)20-17(22)7-5-8-18(20)23/h3-13,25H,2H2,1H3,(H,24,26). The van der Waals surface area contributed by atoms with Crippen LogP contribution in [0.3, 0.4) is 0 Å². The van der Waals surface area contributed by atoms with E-state index in [2.05, 4.69) is 10.0 Å². The quantitative estimate of drug-likeness (QED) is 0.486. The Kier molecular flexibility index (Phi) is 6.87. The minimum Gasteiger partial charge on any atom is -0.493 e. The predicted octanol–water partition coefficient (Wildman–Crippen LogP) is 5.45. The molecule has 30 heavy (non-hydrogen) atoms. The number of ether oxygens (including phenoxy) is 1. The third-order valence-electron chi connectivity index (χ3n) is 4.01. The first kappa shape index (κ1) is 22.0. The first-order valence-corrected chi connectivity index (χ1v) is 11.2. The van der Waals surface area contributed by atoms with Gasteiger partial charge >= 0.3 is 0 Å². The molecule has 0 spiro atoms. The van der Waals surface area contributed by atoms with Gasteiger partial charge in [-0.25, -0.2) is 8.42 Å². The summed E-state index contributed by atoms with van der Waals surface area (Å²) in [5, 5.41) is 2.80. The lowest BCUT2D eigenvalue weighted by atomic mass is 10.2. The van der Waals surface area contributed by atoms with Crippen molar-refractivity contribution in [2.75, 3.05) is 16.6 Å². The van der Waals surface area contributed by atoms with E-state index in [9.17, 15) is 13.2 Å². The monoisotopic (exact) mass is 464 g/mol. The highest BCUT2D eigenvalue weighted by atomic mass is 35.5. The molecule has 0 aliphatic carbocycles. The fraction of sp³-hybridized carbons (Fsp3) is 0.0952. The minimum absolute atomic E-state index is 0.0202. The third-order valence-corrected chi connectivity index (χ3v) is 6.35. The number of nitrogens with one attached hydrogen (secondary N) is 2. The lowest BCUT2D eigenvalue weighted by molar-refractivity contribution is 0.102. The van der Waals surface area contributed by atoms with Gasteiger partial charge in [-0.2, -0.15) is 0 Å². The summed E-state index contributed by atoms with van der Waals surface area (Å²) in [6.45, 7) is 2.28. The molecule has 0 saturated heterocycles. The topological polar surface area (TPSA) is 84.5 Å². The highest BCUT2D eigenvalue weighted by molar-refractivity contribution is 7.93. The van der Waals surface area contributed by atoms with Crippen LogP contribution in [0.1, 0.15) is 17.3 Å². The summed E-state index contributed by atoms with van der Waals surface area (Å²) < 4.78 is 33.1. The molecule has 3 aromatic rings. The Bertz CT molecular complexity index is 1150. The summed E-state index contributed by atoms with van der Waals surface area (Å²) in [5.41, 5.74) is 1.18. The van der Waals surface area contributed by atoms with Crippen LogP contribution in [0.25, 0.3) is 0 Å². The number of sulfonamides is 1. The van der Waals surface area contributed by atoms with Gasteiger partial charge in [0.05, 0.1) is 22.2 Å². The van der Waals surface area contributed by atoms with Crippen molar-refractivity contribution in [3.05, 3.63) is 82.3 Å². The summed E-state index contributed by atoms with van der Waals surface area (Å²) in [4.78, 5) is 12.4. The SMILES string of the molecule is CCOc1ccccc1C(=O)Nc1ccc(NS(=O)(=O)c2c(Cl)cccc2Cl)cc1. The highest BCUT2D eigenvalue weighted by Crippen LogP contribution is 2.30. The Labute approximate surface area is 184 Å². The van der Waals surface area contributed by atoms with Crippen LogP contribution in [0.4, 0.5) is 11.4 Å². The van der Waals surface area contributed by atoms with Crippen molar-refractivity contribution < 1.29 is 17.9 Å². The summed E-state index contributed by atoms with van der Waals surface area (Å²) in [6.07, 6.45) is 0. The van der Waals surface area contributed by atoms with E-state index in [-0.39, 0.29) is 20.8 Å². The molecule has 1 amide bonds. The zero-order valence-electron chi connectivity index (χ0n) is 15.9. The van der Waals surface area contributed by atoms with Crippen LogP contribution in [-0.2, 0) is 10.0 Å². The summed E-state index contributed by atoms with van der Waals surface area (Å²) in [5.74, 6) is 0.147. The van der Waals surface area contributed by atoms with Crippen LogP contribution in [0.5, 0.6) is 5.75 Å². The van der Waals surface area contributed by atoms with Gasteiger partial charge in [0.2, 0.25) is 0 Å². The lowest BCUT2D eigenvalue weighted by Gasteiger charge is -2.12. The molecule has 2 N–H and O–H groups in total. The highest BCUT2D eigenvalue weighted by Gasteiger charge is 2.21. The molecule has 0 aliphatic rings. The van der Waals surface area contributed by atoms with Crippen molar-refractivity contribution in [2.45, 2.75) is 11.8 Å². The van der Waals surface area contributed by atoms with Gasteiger partial charge in [-0.1, -0.05) is 41.4 Å². The van der Waals surface area contributed by atoms with Crippen LogP contribution in [0.2, 0.25) is 10.0 Å². The smallest absolute Gasteiger partial charge is 0.264 e. The minimum atomic E-state index is -3.98. The largest absolute Gasteiger partial charge is 0.493 e. The second-order valence-corrected chi connectivity index (χ2v) is 8.55. The fourth-order valence-electron chi connectivity index (χ4n) is 2.70. The maximum absolute atomic E-state index is 12.6. The molecule has 0 heterocycles. The lowest BCUT2D eigenvalue weighted by Crippen LogP contribution is -2.15. The summed E-state index contributed by atoms with van der Waals surface area (Å²) in [6, 6.07) is 17.6. The number of anilines is 2. The Morgan fingerprint density at radius 2 is 1.50 bits per heavy atom. The number of hydrogen-bond acceptors (Lipinski definition) is 4. The molecule has 0 saturated carbocycles. The van der Waals surface area contributed by atoms with Gasteiger partial charge in [0.15, 0.2) is 0 Å². The van der Waals surface area contributed by atoms with E-state index in [4.69, 9.17) is 27.9 Å². The molecule has 9 heteroatoms. The summed E-state index contributed by atoms with van der Waals surface area (Å²) >= 11 is 12.0. The second kappa shape index (κ2) is 9.38. The normalized spacial score (nSPS) is 11.0. The molecule has 0 aromatic heterocycles. The van der Waals surface area contributed by atoms with Crippen LogP contribution in [0, 0.1) is 0 Å². The first-order chi connectivity index (χ1) is 14.3. The molecule has 3 aromatic carbocycles. The molecule has 6 nitrogen and oxygen atoms in total. The van der Waals surface area contributed by atoms with Gasteiger partial charge in [0.25, 0.3) is 15.9 Å². The van der Waals surface area contributed by atoms with Crippen LogP contribution in [-0.4, -0.2) is 20.9 Å². The zero-order valence-corrected chi connectivity index (χ0v) is 18.2. The number of hydrogen-bond donors (Lipinski definition) is 2. The number of halogens is 2. The van der Waals surface area contributed by atoms with Crippen molar-refractivity contribution in [2.24, 2.45) is 0 Å². The maximum Gasteiger partial charge on any atom is 0.264 e. The first-order valence-electron chi connectivity index (χ1n) is 8.92. The second-order valence-electron chi connectivity index (χ2n) is 6.12. The molecular weight excluding hydrogens is 447 g/mol. The van der Waals surface area contributed by atoms with E-state index in [1.807, 2.05) is 6.92 Å². The number of rotatable bonds is 7. The Morgan fingerprint density at radius 1 is 0.900 bits per heavy atom. The fourth-order valence-corrected chi connectivity index (χ4v) is 4.91. The third kappa shape index (κ3) is 5.05. The predicted molar refractivity (Wildman–Crippen MR) is 119 cm³/mol. The van der Waals surface area contributed by atoms with E-state index in [0.717, 1.165) is 0 Å². The molecular formula is C21H18Cl2N2O4S. The van der Waals surface area contributed by atoms with Gasteiger partial charge in [-0.05, 0) is 55.5 Å². The van der Waals surface area contributed by atoms with Crippen molar-refractivity contribution in [3.63, 3.8) is 0 Å². The average molecular weight is 465 g/mol. The molecule has 0 fully saturated rings. The van der Waals surface area contributed by atoms with Gasteiger partial charge in [0, 0.05) is 11.4 Å². The molecule has 0 radical (unpaired) electrons. The molecule has 156 valence electrons. The van der Waals surface area contributed by atoms with Gasteiger partial charge < -0.3 is 10.1 Å².